The molecule has 6 heteroatoms. The molecule has 0 aromatic heterocycles. The van der Waals surface area contributed by atoms with E-state index >= 15 is 0 Å². The summed E-state index contributed by atoms with van der Waals surface area (Å²) in [4.78, 5) is 13.2. The fraction of sp³-hybridized carbons (Fsp3) is 0.500. The molecule has 172 valence electrons. The Bertz CT molecular complexity index is 1040. The molecule has 32 heavy (non-hydrogen) atoms. The van der Waals surface area contributed by atoms with Gasteiger partial charge in [-0.2, -0.15) is 4.31 Å². The largest absolute Gasteiger partial charge is 0.353 e. The van der Waals surface area contributed by atoms with Crippen LogP contribution < -0.4 is 5.32 Å². The highest BCUT2D eigenvalue weighted by molar-refractivity contribution is 7.89. The summed E-state index contributed by atoms with van der Waals surface area (Å²) in [6, 6.07) is 16.2. The van der Waals surface area contributed by atoms with Crippen LogP contribution in [0.3, 0.4) is 0 Å². The molecular formula is C26H34N2O3S. The molecular weight excluding hydrogens is 420 g/mol. The van der Waals surface area contributed by atoms with Crippen molar-refractivity contribution >= 4 is 15.9 Å². The van der Waals surface area contributed by atoms with Crippen molar-refractivity contribution in [1.29, 1.82) is 0 Å². The summed E-state index contributed by atoms with van der Waals surface area (Å²) < 4.78 is 27.6. The van der Waals surface area contributed by atoms with Gasteiger partial charge in [-0.3, -0.25) is 4.79 Å². The van der Waals surface area contributed by atoms with Gasteiger partial charge in [0.25, 0.3) is 0 Å². The third-order valence-corrected chi connectivity index (χ3v) is 9.18. The molecule has 5 nitrogen and oxygen atoms in total. The van der Waals surface area contributed by atoms with Crippen LogP contribution in [0.1, 0.15) is 61.1 Å². The summed E-state index contributed by atoms with van der Waals surface area (Å²) in [5, 5.41) is 3.25. The maximum atomic E-state index is 13.0. The minimum atomic E-state index is -3.51. The summed E-state index contributed by atoms with van der Waals surface area (Å²) >= 11 is 0. The first-order valence-corrected chi connectivity index (χ1v) is 13.2. The minimum Gasteiger partial charge on any atom is -0.353 e. The molecule has 0 bridgehead atoms. The first kappa shape index (κ1) is 23.0. The topological polar surface area (TPSA) is 66.5 Å². The summed E-state index contributed by atoms with van der Waals surface area (Å²) in [6.45, 7) is 4.70. The van der Waals surface area contributed by atoms with Gasteiger partial charge in [-0.15, -0.1) is 0 Å². The molecule has 0 atom stereocenters. The highest BCUT2D eigenvalue weighted by Gasteiger charge is 2.33. The van der Waals surface area contributed by atoms with E-state index in [0.29, 0.717) is 36.7 Å². The normalized spacial score (nSPS) is 23.1. The molecule has 2 aromatic rings. The highest BCUT2D eigenvalue weighted by atomic mass is 32.2. The first-order chi connectivity index (χ1) is 15.3. The molecule has 0 spiro atoms. The number of hydrogen-bond donors (Lipinski definition) is 1. The van der Waals surface area contributed by atoms with E-state index in [1.54, 1.807) is 12.1 Å². The maximum absolute atomic E-state index is 13.0. The Labute approximate surface area is 192 Å². The number of aryl methyl sites for hydroxylation is 2. The van der Waals surface area contributed by atoms with Crippen LogP contribution in [-0.2, 0) is 14.8 Å². The molecule has 4 rings (SSSR count). The number of sulfonamides is 1. The lowest BCUT2D eigenvalue weighted by molar-refractivity contribution is -0.127. The summed E-state index contributed by atoms with van der Waals surface area (Å²) in [5.74, 6) is 0.577. The SMILES string of the molecule is Cc1ccc(S(=O)(=O)N2CCC(C(=O)NC3CCC(c4ccccc4)CC3)CC2)cc1C. The molecule has 1 heterocycles. The second-order valence-corrected chi connectivity index (χ2v) is 11.3. The Morgan fingerprint density at radius 3 is 2.16 bits per heavy atom. The summed E-state index contributed by atoms with van der Waals surface area (Å²) in [6.07, 6.45) is 5.37. The van der Waals surface area contributed by atoms with E-state index in [2.05, 4.69) is 29.6 Å². The van der Waals surface area contributed by atoms with Crippen molar-refractivity contribution in [2.45, 2.75) is 69.2 Å². The van der Waals surface area contributed by atoms with Crippen molar-refractivity contribution < 1.29 is 13.2 Å². The van der Waals surface area contributed by atoms with Crippen LogP contribution in [0, 0.1) is 19.8 Å². The summed E-state index contributed by atoms with van der Waals surface area (Å²) in [5.41, 5.74) is 3.45. The zero-order chi connectivity index (χ0) is 22.7. The molecule has 1 aliphatic carbocycles. The Morgan fingerprint density at radius 2 is 1.53 bits per heavy atom. The molecule has 2 aromatic carbocycles. The van der Waals surface area contributed by atoms with E-state index in [-0.39, 0.29) is 17.9 Å². The van der Waals surface area contributed by atoms with Crippen molar-refractivity contribution in [1.82, 2.24) is 9.62 Å². The van der Waals surface area contributed by atoms with E-state index in [4.69, 9.17) is 0 Å². The predicted molar refractivity (Wildman–Crippen MR) is 127 cm³/mol. The number of carbonyl (C=O) groups excluding carboxylic acids is 1. The first-order valence-electron chi connectivity index (χ1n) is 11.8. The van der Waals surface area contributed by atoms with Gasteiger partial charge in [-0.25, -0.2) is 8.42 Å². The van der Waals surface area contributed by atoms with Gasteiger partial charge in [0.05, 0.1) is 4.90 Å². The lowest BCUT2D eigenvalue weighted by Gasteiger charge is -2.33. The Hall–Kier alpha value is -2.18. The molecule has 0 radical (unpaired) electrons. The Kier molecular flexibility index (Phi) is 7.01. The van der Waals surface area contributed by atoms with E-state index in [9.17, 15) is 13.2 Å². The van der Waals surface area contributed by atoms with Gasteiger partial charge >= 0.3 is 0 Å². The number of nitrogens with zero attached hydrogens (tertiary/aromatic N) is 1. The molecule has 2 fully saturated rings. The fourth-order valence-corrected chi connectivity index (χ4v) is 6.55. The van der Waals surface area contributed by atoms with Crippen LogP contribution in [0.2, 0.25) is 0 Å². The molecule has 1 saturated heterocycles. The van der Waals surface area contributed by atoms with Gasteiger partial charge in [-0.05, 0) is 87.1 Å². The van der Waals surface area contributed by atoms with Gasteiger partial charge in [-0.1, -0.05) is 36.4 Å². The second-order valence-electron chi connectivity index (χ2n) is 9.39. The molecule has 1 amide bonds. The van der Waals surface area contributed by atoms with Crippen molar-refractivity contribution in [2.24, 2.45) is 5.92 Å². The van der Waals surface area contributed by atoms with Crippen LogP contribution in [0.15, 0.2) is 53.4 Å². The third kappa shape index (κ3) is 5.07. The molecule has 1 aliphatic heterocycles. The van der Waals surface area contributed by atoms with Gasteiger partial charge in [0.2, 0.25) is 15.9 Å². The predicted octanol–water partition coefficient (Wildman–Crippen LogP) is 4.55. The third-order valence-electron chi connectivity index (χ3n) is 7.29. The Balaban J connectivity index is 1.27. The van der Waals surface area contributed by atoms with Crippen LogP contribution in [-0.4, -0.2) is 37.8 Å². The number of hydrogen-bond acceptors (Lipinski definition) is 3. The van der Waals surface area contributed by atoms with Crippen LogP contribution in [0.4, 0.5) is 0 Å². The van der Waals surface area contributed by atoms with Crippen molar-refractivity contribution in [3.05, 3.63) is 65.2 Å². The zero-order valence-corrected chi connectivity index (χ0v) is 19.9. The molecule has 1 N–H and O–H groups in total. The maximum Gasteiger partial charge on any atom is 0.243 e. The van der Waals surface area contributed by atoms with E-state index in [0.717, 1.165) is 36.8 Å². The number of rotatable bonds is 5. The van der Waals surface area contributed by atoms with Crippen LogP contribution in [0.5, 0.6) is 0 Å². The Morgan fingerprint density at radius 1 is 0.875 bits per heavy atom. The highest BCUT2D eigenvalue weighted by Crippen LogP contribution is 2.33. The minimum absolute atomic E-state index is 0.0939. The van der Waals surface area contributed by atoms with Crippen LogP contribution >= 0.6 is 0 Å². The average molecular weight is 455 g/mol. The smallest absolute Gasteiger partial charge is 0.243 e. The number of carbonyl (C=O) groups is 1. The van der Waals surface area contributed by atoms with Gasteiger partial charge < -0.3 is 5.32 Å². The quantitative estimate of drug-likeness (QED) is 0.721. The van der Waals surface area contributed by atoms with Crippen molar-refractivity contribution in [2.75, 3.05) is 13.1 Å². The van der Waals surface area contributed by atoms with E-state index < -0.39 is 10.0 Å². The fourth-order valence-electron chi connectivity index (χ4n) is 5.00. The lowest BCUT2D eigenvalue weighted by Crippen LogP contribution is -2.46. The van der Waals surface area contributed by atoms with Gasteiger partial charge in [0.1, 0.15) is 0 Å². The van der Waals surface area contributed by atoms with E-state index in [1.165, 1.54) is 9.87 Å². The number of amides is 1. The number of benzene rings is 2. The van der Waals surface area contributed by atoms with Crippen molar-refractivity contribution in [3.63, 3.8) is 0 Å². The van der Waals surface area contributed by atoms with Gasteiger partial charge in [0.15, 0.2) is 0 Å². The standard InChI is InChI=1S/C26H34N2O3S/c1-19-8-13-25(18-20(19)2)32(30,31)28-16-14-23(15-17-28)26(29)27-24-11-9-22(10-12-24)21-6-4-3-5-7-21/h3-8,13,18,22-24H,9-12,14-17H2,1-2H3,(H,27,29). The molecule has 2 aliphatic rings. The van der Waals surface area contributed by atoms with E-state index in [1.807, 2.05) is 26.0 Å². The van der Waals surface area contributed by atoms with Crippen molar-refractivity contribution in [3.8, 4) is 0 Å². The molecule has 0 unspecified atom stereocenters. The second kappa shape index (κ2) is 9.75. The number of nitrogens with one attached hydrogen (secondary N) is 1. The number of piperidine rings is 1. The lowest BCUT2D eigenvalue weighted by atomic mass is 9.81. The average Bonchev–Trinajstić information content (AvgIpc) is 2.82. The summed E-state index contributed by atoms with van der Waals surface area (Å²) in [7, 11) is -3.51. The monoisotopic (exact) mass is 454 g/mol. The molecule has 1 saturated carbocycles. The zero-order valence-electron chi connectivity index (χ0n) is 19.1. The van der Waals surface area contributed by atoms with Crippen LogP contribution in [0.25, 0.3) is 0 Å². The van der Waals surface area contributed by atoms with Gasteiger partial charge in [0, 0.05) is 25.0 Å².